The van der Waals surface area contributed by atoms with Crippen LogP contribution >= 0.6 is 11.3 Å². The molecule has 0 saturated heterocycles. The molecule has 25 heavy (non-hydrogen) atoms. The summed E-state index contributed by atoms with van der Waals surface area (Å²) in [5.74, 6) is 0.634. The van der Waals surface area contributed by atoms with Gasteiger partial charge < -0.3 is 9.72 Å². The highest BCUT2D eigenvalue weighted by molar-refractivity contribution is 7.94. The van der Waals surface area contributed by atoms with Crippen molar-refractivity contribution in [1.29, 1.82) is 0 Å². The van der Waals surface area contributed by atoms with Crippen LogP contribution in [0.15, 0.2) is 63.6 Å². The lowest BCUT2D eigenvalue weighted by atomic mass is 10.2. The summed E-state index contributed by atoms with van der Waals surface area (Å²) >= 11 is 0.663. The van der Waals surface area contributed by atoms with E-state index < -0.39 is 14.9 Å². The summed E-state index contributed by atoms with van der Waals surface area (Å²) in [6.07, 6.45) is 0. The highest BCUT2D eigenvalue weighted by Crippen LogP contribution is 2.22. The maximum Gasteiger partial charge on any atom is 0.306 e. The van der Waals surface area contributed by atoms with E-state index in [1.165, 1.54) is 0 Å². The second kappa shape index (κ2) is 7.12. The van der Waals surface area contributed by atoms with Crippen LogP contribution in [0, 0.1) is 6.92 Å². The Kier molecular flexibility index (Phi) is 4.91. The molecule has 0 aliphatic rings. The fraction of sp³-hybridized carbons (Fsp3) is 0.118. The largest absolute Gasteiger partial charge is 0.489 e. The predicted molar refractivity (Wildman–Crippen MR) is 97.7 cm³/mol. The van der Waals surface area contributed by atoms with E-state index in [4.69, 9.17) is 4.74 Å². The van der Waals surface area contributed by atoms with Crippen molar-refractivity contribution in [3.8, 4) is 5.75 Å². The van der Waals surface area contributed by atoms with Gasteiger partial charge in [-0.1, -0.05) is 41.7 Å². The molecule has 8 heteroatoms. The molecule has 130 valence electrons. The molecule has 0 unspecified atom stereocenters. The van der Waals surface area contributed by atoms with Crippen molar-refractivity contribution in [2.24, 2.45) is 0 Å². The first-order valence-corrected chi connectivity index (χ1v) is 9.73. The van der Waals surface area contributed by atoms with E-state index in [2.05, 4.69) is 9.71 Å². The Morgan fingerprint density at radius 2 is 1.76 bits per heavy atom. The molecular weight excluding hydrogens is 360 g/mol. The van der Waals surface area contributed by atoms with E-state index in [1.807, 2.05) is 30.3 Å². The molecule has 2 N–H and O–H groups in total. The van der Waals surface area contributed by atoms with E-state index in [0.29, 0.717) is 35.1 Å². The van der Waals surface area contributed by atoms with Gasteiger partial charge in [-0.3, -0.25) is 9.52 Å². The van der Waals surface area contributed by atoms with Crippen LogP contribution in [0.25, 0.3) is 0 Å². The molecule has 1 heterocycles. The number of nitrogens with one attached hydrogen (secondary N) is 2. The summed E-state index contributed by atoms with van der Waals surface area (Å²) in [4.78, 5) is 13.4. The number of H-pyrrole nitrogens is 1. The molecule has 0 fully saturated rings. The highest BCUT2D eigenvalue weighted by Gasteiger charge is 2.20. The Labute approximate surface area is 149 Å². The van der Waals surface area contributed by atoms with Crippen LogP contribution in [0.1, 0.15) is 11.3 Å². The quantitative estimate of drug-likeness (QED) is 0.692. The maximum atomic E-state index is 12.3. The minimum absolute atomic E-state index is 0.0121. The number of thiazole rings is 1. The van der Waals surface area contributed by atoms with E-state index in [9.17, 15) is 13.2 Å². The molecule has 0 bridgehead atoms. The molecule has 2 aromatic carbocycles. The average molecular weight is 376 g/mol. The van der Waals surface area contributed by atoms with Crippen LogP contribution in [0.4, 0.5) is 5.69 Å². The van der Waals surface area contributed by atoms with Crippen molar-refractivity contribution in [2.75, 3.05) is 4.72 Å². The lowest BCUT2D eigenvalue weighted by molar-refractivity contribution is 0.306. The Bertz CT molecular complexity index is 1010. The fourth-order valence-corrected chi connectivity index (χ4v) is 4.57. The van der Waals surface area contributed by atoms with Gasteiger partial charge in [0.1, 0.15) is 12.4 Å². The third kappa shape index (κ3) is 4.28. The van der Waals surface area contributed by atoms with Crippen LogP contribution in [0.3, 0.4) is 0 Å². The molecule has 0 spiro atoms. The number of ether oxygens (including phenoxy) is 1. The number of sulfonamides is 1. The number of hydrogen-bond acceptors (Lipinski definition) is 5. The molecule has 3 aromatic rings. The smallest absolute Gasteiger partial charge is 0.306 e. The SMILES string of the molecule is Cc1[nH]c(=O)sc1S(=O)(=O)Nc1ccc(OCc2ccccc2)cc1. The van der Waals surface area contributed by atoms with E-state index in [-0.39, 0.29) is 4.21 Å². The molecule has 0 amide bonds. The van der Waals surface area contributed by atoms with E-state index >= 15 is 0 Å². The molecule has 0 radical (unpaired) electrons. The van der Waals surface area contributed by atoms with E-state index in [0.717, 1.165) is 5.56 Å². The van der Waals surface area contributed by atoms with Crippen molar-refractivity contribution >= 4 is 27.0 Å². The molecule has 0 aliphatic carbocycles. The van der Waals surface area contributed by atoms with Crippen LogP contribution in [0.5, 0.6) is 5.75 Å². The standard InChI is InChI=1S/C17H16N2O4S2/c1-12-16(24-17(20)18-12)25(21,22)19-14-7-9-15(10-8-14)23-11-13-5-3-2-4-6-13/h2-10,19H,11H2,1H3,(H,18,20). The molecule has 6 nitrogen and oxygen atoms in total. The van der Waals surface area contributed by atoms with Gasteiger partial charge in [-0.2, -0.15) is 0 Å². The number of rotatable bonds is 6. The first kappa shape index (κ1) is 17.2. The summed E-state index contributed by atoms with van der Waals surface area (Å²) in [6.45, 7) is 1.98. The van der Waals surface area contributed by atoms with Gasteiger partial charge in [0.25, 0.3) is 10.0 Å². The summed E-state index contributed by atoms with van der Waals surface area (Å²) in [6, 6.07) is 16.3. The third-order valence-corrected chi connectivity index (χ3v) is 6.37. The third-order valence-electron chi connectivity index (χ3n) is 3.38. The zero-order chi connectivity index (χ0) is 17.9. The van der Waals surface area contributed by atoms with Crippen molar-refractivity contribution < 1.29 is 13.2 Å². The number of aryl methyl sites for hydroxylation is 1. The number of hydrogen-bond donors (Lipinski definition) is 2. The molecular formula is C17H16N2O4S2. The number of benzene rings is 2. The molecule has 0 aliphatic heterocycles. The minimum atomic E-state index is -3.79. The first-order valence-electron chi connectivity index (χ1n) is 7.43. The predicted octanol–water partition coefficient (Wildman–Crippen LogP) is 3.12. The average Bonchev–Trinajstić information content (AvgIpc) is 2.94. The topological polar surface area (TPSA) is 88.3 Å². The van der Waals surface area contributed by atoms with Crippen LogP contribution in [0.2, 0.25) is 0 Å². The van der Waals surface area contributed by atoms with Gasteiger partial charge in [0.2, 0.25) is 0 Å². The Morgan fingerprint density at radius 1 is 1.08 bits per heavy atom. The highest BCUT2D eigenvalue weighted by atomic mass is 32.2. The lowest BCUT2D eigenvalue weighted by Gasteiger charge is -2.09. The van der Waals surface area contributed by atoms with Crippen LogP contribution in [-0.2, 0) is 16.6 Å². The van der Waals surface area contributed by atoms with Gasteiger partial charge in [0.05, 0.1) is 0 Å². The molecule has 1 aromatic heterocycles. The molecule has 3 rings (SSSR count). The summed E-state index contributed by atoms with van der Waals surface area (Å²) in [5, 5.41) is 0. The van der Waals surface area contributed by atoms with Gasteiger partial charge in [-0.05, 0) is 36.8 Å². The Morgan fingerprint density at radius 3 is 2.36 bits per heavy atom. The van der Waals surface area contributed by atoms with Crippen molar-refractivity contribution in [2.45, 2.75) is 17.7 Å². The van der Waals surface area contributed by atoms with Gasteiger partial charge in [-0.15, -0.1) is 0 Å². The zero-order valence-corrected chi connectivity index (χ0v) is 15.0. The Balaban J connectivity index is 1.68. The summed E-state index contributed by atoms with van der Waals surface area (Å²) in [7, 11) is -3.79. The van der Waals surface area contributed by atoms with Crippen LogP contribution in [-0.4, -0.2) is 13.4 Å². The fourth-order valence-electron chi connectivity index (χ4n) is 2.21. The monoisotopic (exact) mass is 376 g/mol. The van der Waals surface area contributed by atoms with Gasteiger partial charge >= 0.3 is 4.87 Å². The van der Waals surface area contributed by atoms with Crippen LogP contribution < -0.4 is 14.3 Å². The van der Waals surface area contributed by atoms with Gasteiger partial charge in [0.15, 0.2) is 4.21 Å². The Hall–Kier alpha value is -2.58. The van der Waals surface area contributed by atoms with Crippen molar-refractivity contribution in [1.82, 2.24) is 4.98 Å². The maximum absolute atomic E-state index is 12.3. The minimum Gasteiger partial charge on any atom is -0.489 e. The first-order chi connectivity index (χ1) is 11.9. The summed E-state index contributed by atoms with van der Waals surface area (Å²) < 4.78 is 32.8. The van der Waals surface area contributed by atoms with Gasteiger partial charge in [0, 0.05) is 11.4 Å². The second-order valence-electron chi connectivity index (χ2n) is 5.33. The van der Waals surface area contributed by atoms with Gasteiger partial charge in [-0.25, -0.2) is 8.42 Å². The summed E-state index contributed by atoms with van der Waals surface area (Å²) in [5.41, 5.74) is 1.77. The number of aromatic amines is 1. The molecule has 0 saturated carbocycles. The van der Waals surface area contributed by atoms with Crippen molar-refractivity contribution in [3.63, 3.8) is 0 Å². The lowest BCUT2D eigenvalue weighted by Crippen LogP contribution is -2.12. The second-order valence-corrected chi connectivity index (χ2v) is 8.19. The normalized spacial score (nSPS) is 11.2. The molecule has 0 atom stereocenters. The number of anilines is 1. The van der Waals surface area contributed by atoms with Crippen molar-refractivity contribution in [3.05, 3.63) is 75.5 Å². The van der Waals surface area contributed by atoms with E-state index in [1.54, 1.807) is 31.2 Å². The number of aromatic nitrogens is 1. The zero-order valence-electron chi connectivity index (χ0n) is 13.4.